The molecule has 0 saturated carbocycles. The first-order chi connectivity index (χ1) is 14.2. The summed E-state index contributed by atoms with van der Waals surface area (Å²) in [7, 11) is 0. The Balaban J connectivity index is 1.51. The van der Waals surface area contributed by atoms with Crippen molar-refractivity contribution in [1.82, 2.24) is 9.29 Å². The quantitative estimate of drug-likeness (QED) is 0.344. The first-order valence-electron chi connectivity index (χ1n) is 10.0. The third kappa shape index (κ3) is 4.51. The van der Waals surface area contributed by atoms with Crippen LogP contribution >= 0.6 is 11.9 Å². The lowest BCUT2D eigenvalue weighted by molar-refractivity contribution is 0.312. The zero-order chi connectivity index (χ0) is 20.2. The summed E-state index contributed by atoms with van der Waals surface area (Å²) in [5.41, 5.74) is 3.46. The molecule has 0 N–H and O–H groups in total. The van der Waals surface area contributed by atoms with E-state index in [9.17, 15) is 9.30 Å². The number of rotatable bonds is 7. The van der Waals surface area contributed by atoms with Crippen molar-refractivity contribution in [2.45, 2.75) is 38.6 Å². The zero-order valence-corrected chi connectivity index (χ0v) is 17.3. The highest BCUT2D eigenvalue weighted by Gasteiger charge is 2.25. The Labute approximate surface area is 173 Å². The number of piperidine rings is 1. The monoisotopic (exact) mass is 413 g/mol. The molecule has 2 heterocycles. The van der Waals surface area contributed by atoms with Gasteiger partial charge >= 0.3 is 0 Å². The molecule has 0 amide bonds. The number of nitroso groups, excluding NO2 is 1. The molecule has 29 heavy (non-hydrogen) atoms. The number of fused-ring (bicyclic) bond motifs is 1. The predicted molar refractivity (Wildman–Crippen MR) is 115 cm³/mol. The van der Waals surface area contributed by atoms with Crippen LogP contribution in [0.1, 0.15) is 43.6 Å². The Morgan fingerprint density at radius 2 is 1.97 bits per heavy atom. The summed E-state index contributed by atoms with van der Waals surface area (Å²) in [5.74, 6) is 1.90. The highest BCUT2D eigenvalue weighted by Crippen LogP contribution is 2.33. The van der Waals surface area contributed by atoms with Gasteiger partial charge in [-0.25, -0.2) is 9.37 Å². The van der Waals surface area contributed by atoms with Crippen molar-refractivity contribution in [2.24, 2.45) is 5.18 Å². The van der Waals surface area contributed by atoms with Crippen LogP contribution in [0, 0.1) is 10.7 Å². The summed E-state index contributed by atoms with van der Waals surface area (Å²) >= 11 is 1.93. The van der Waals surface area contributed by atoms with Gasteiger partial charge in [-0.05, 0) is 48.6 Å². The summed E-state index contributed by atoms with van der Waals surface area (Å²) in [4.78, 5) is 15.1. The molecule has 1 aromatic heterocycles. The van der Waals surface area contributed by atoms with Gasteiger partial charge in [-0.3, -0.25) is 4.31 Å². The lowest BCUT2D eigenvalue weighted by Crippen LogP contribution is -2.28. The average molecular weight is 414 g/mol. The maximum Gasteiger partial charge on any atom is 0.198 e. The second kappa shape index (κ2) is 9.05. The van der Waals surface area contributed by atoms with Crippen LogP contribution < -0.4 is 0 Å². The summed E-state index contributed by atoms with van der Waals surface area (Å²) < 4.78 is 22.6. The van der Waals surface area contributed by atoms with Gasteiger partial charge in [-0.15, -0.1) is 0 Å². The van der Waals surface area contributed by atoms with Crippen molar-refractivity contribution in [3.05, 3.63) is 58.6 Å². The van der Waals surface area contributed by atoms with Gasteiger partial charge in [0.1, 0.15) is 17.9 Å². The van der Waals surface area contributed by atoms with Crippen LogP contribution in [0.3, 0.4) is 0 Å². The Bertz CT molecular complexity index is 999. The van der Waals surface area contributed by atoms with E-state index in [0.717, 1.165) is 54.0 Å². The highest BCUT2D eigenvalue weighted by molar-refractivity contribution is 7.97. The molecular weight excluding hydrogens is 389 g/mol. The molecular formula is C22H24FN3O2S. The van der Waals surface area contributed by atoms with Gasteiger partial charge in [0.15, 0.2) is 11.5 Å². The fourth-order valence-electron chi connectivity index (χ4n) is 3.68. The van der Waals surface area contributed by atoms with Gasteiger partial charge in [-0.1, -0.05) is 42.2 Å². The summed E-state index contributed by atoms with van der Waals surface area (Å²) in [6.07, 6.45) is 3.29. The van der Waals surface area contributed by atoms with Crippen molar-refractivity contribution >= 4 is 23.0 Å². The highest BCUT2D eigenvalue weighted by atomic mass is 32.2. The van der Waals surface area contributed by atoms with Crippen molar-refractivity contribution in [3.8, 4) is 11.1 Å². The second-order valence-electron chi connectivity index (χ2n) is 7.36. The predicted octanol–water partition coefficient (Wildman–Crippen LogP) is 6.14. The van der Waals surface area contributed by atoms with Crippen molar-refractivity contribution in [2.75, 3.05) is 18.8 Å². The largest absolute Gasteiger partial charge is 0.440 e. The second-order valence-corrected chi connectivity index (χ2v) is 8.55. The van der Waals surface area contributed by atoms with E-state index in [1.165, 1.54) is 18.2 Å². The lowest BCUT2D eigenvalue weighted by atomic mass is 9.98. The van der Waals surface area contributed by atoms with Crippen LogP contribution in [-0.2, 0) is 6.54 Å². The Kier molecular flexibility index (Phi) is 6.25. The maximum atomic E-state index is 14.2. The third-order valence-electron chi connectivity index (χ3n) is 5.31. The first kappa shape index (κ1) is 20.0. The van der Waals surface area contributed by atoms with Gasteiger partial charge in [0, 0.05) is 30.3 Å². The minimum atomic E-state index is -0.421. The third-order valence-corrected chi connectivity index (χ3v) is 6.63. The molecule has 0 atom stereocenters. The summed E-state index contributed by atoms with van der Waals surface area (Å²) in [6, 6.07) is 10.6. The van der Waals surface area contributed by atoms with Crippen LogP contribution in [0.2, 0.25) is 0 Å². The van der Waals surface area contributed by atoms with Crippen LogP contribution in [-0.4, -0.2) is 28.1 Å². The Hall–Kier alpha value is -2.25. The Morgan fingerprint density at radius 3 is 2.69 bits per heavy atom. The number of benzene rings is 2. The van der Waals surface area contributed by atoms with E-state index in [0.29, 0.717) is 11.5 Å². The van der Waals surface area contributed by atoms with Gasteiger partial charge < -0.3 is 4.42 Å². The molecule has 0 radical (unpaired) electrons. The van der Waals surface area contributed by atoms with Gasteiger partial charge in [0.25, 0.3) is 0 Å². The zero-order valence-electron chi connectivity index (χ0n) is 16.4. The SMILES string of the molecule is CCCSN1CCC(c2nc3cc(-c4ccc(CN=O)c(F)c4)ccc3o2)CC1. The van der Waals surface area contributed by atoms with Crippen molar-refractivity contribution in [1.29, 1.82) is 0 Å². The van der Waals surface area contributed by atoms with Crippen molar-refractivity contribution < 1.29 is 8.81 Å². The van der Waals surface area contributed by atoms with Crippen LogP contribution in [0.15, 0.2) is 46.0 Å². The molecule has 7 heteroatoms. The fraction of sp³-hybridized carbons (Fsp3) is 0.409. The number of hydrogen-bond acceptors (Lipinski definition) is 6. The van der Waals surface area contributed by atoms with E-state index in [1.807, 2.05) is 30.1 Å². The summed E-state index contributed by atoms with van der Waals surface area (Å²) in [6.45, 7) is 4.16. The minimum Gasteiger partial charge on any atom is -0.440 e. The topological polar surface area (TPSA) is 58.7 Å². The van der Waals surface area contributed by atoms with Crippen LogP contribution in [0.25, 0.3) is 22.2 Å². The molecule has 1 saturated heterocycles. The molecule has 152 valence electrons. The van der Waals surface area contributed by atoms with E-state index in [-0.39, 0.29) is 6.54 Å². The van der Waals surface area contributed by atoms with Gasteiger partial charge in [0.05, 0.1) is 0 Å². The number of hydrogen-bond donors (Lipinski definition) is 0. The molecule has 0 aliphatic carbocycles. The molecule has 3 aromatic rings. The number of aromatic nitrogens is 1. The maximum absolute atomic E-state index is 14.2. The normalized spacial score (nSPS) is 15.8. The molecule has 1 aliphatic rings. The van der Waals surface area contributed by atoms with Gasteiger partial charge in [0.2, 0.25) is 0 Å². The fourth-order valence-corrected chi connectivity index (χ4v) is 4.59. The van der Waals surface area contributed by atoms with Crippen LogP contribution in [0.4, 0.5) is 4.39 Å². The summed E-state index contributed by atoms with van der Waals surface area (Å²) in [5, 5.41) is 2.76. The Morgan fingerprint density at radius 1 is 1.21 bits per heavy atom. The lowest BCUT2D eigenvalue weighted by Gasteiger charge is -2.29. The number of halogens is 1. The standard InChI is InChI=1S/C22H24FN3O2S/c1-2-11-29-26-9-7-15(8-10-26)22-25-20-13-17(5-6-21(20)28-22)16-3-4-18(14-24-27)19(23)12-16/h3-6,12-13,15H,2,7-11,14H2,1H3. The minimum absolute atomic E-state index is 0.159. The van der Waals surface area contributed by atoms with Crippen molar-refractivity contribution in [3.63, 3.8) is 0 Å². The van der Waals surface area contributed by atoms with Crippen LogP contribution in [0.5, 0.6) is 0 Å². The molecule has 0 spiro atoms. The number of oxazole rings is 1. The van der Waals surface area contributed by atoms with E-state index in [1.54, 1.807) is 12.1 Å². The van der Waals surface area contributed by atoms with E-state index in [4.69, 9.17) is 9.40 Å². The average Bonchev–Trinajstić information content (AvgIpc) is 3.17. The van der Waals surface area contributed by atoms with E-state index >= 15 is 0 Å². The molecule has 0 unspecified atom stereocenters. The molecule has 4 rings (SSSR count). The molecule has 2 aromatic carbocycles. The molecule has 0 bridgehead atoms. The van der Waals surface area contributed by atoms with E-state index in [2.05, 4.69) is 16.4 Å². The molecule has 1 aliphatic heterocycles. The molecule has 5 nitrogen and oxygen atoms in total. The smallest absolute Gasteiger partial charge is 0.198 e. The number of nitrogens with zero attached hydrogens (tertiary/aromatic N) is 3. The molecule has 1 fully saturated rings. The first-order valence-corrected chi connectivity index (χ1v) is 11.0. The van der Waals surface area contributed by atoms with E-state index < -0.39 is 5.82 Å². The van der Waals surface area contributed by atoms with Gasteiger partial charge in [-0.2, -0.15) is 4.91 Å².